The lowest BCUT2D eigenvalue weighted by atomic mass is 10.1. The number of halogens is 1. The Morgan fingerprint density at radius 3 is 2.67 bits per heavy atom. The molecule has 1 saturated heterocycles. The summed E-state index contributed by atoms with van der Waals surface area (Å²) in [5.74, 6) is -1.95. The minimum Gasteiger partial charge on any atom is -0.384 e. The van der Waals surface area contributed by atoms with Crippen molar-refractivity contribution in [2.45, 2.75) is 37.6 Å². The van der Waals surface area contributed by atoms with Crippen molar-refractivity contribution in [3.05, 3.63) is 58.6 Å². The molecule has 0 saturated carbocycles. The number of anilines is 1. The molecule has 27 heavy (non-hydrogen) atoms. The van der Waals surface area contributed by atoms with Crippen molar-refractivity contribution in [3.8, 4) is 0 Å². The van der Waals surface area contributed by atoms with Crippen LogP contribution < -0.4 is 11.0 Å². The number of alkyl halides is 1. The van der Waals surface area contributed by atoms with E-state index >= 15 is 0 Å². The van der Waals surface area contributed by atoms with E-state index < -0.39 is 35.9 Å². The van der Waals surface area contributed by atoms with Gasteiger partial charge in [-0.15, -0.1) is 0 Å². The molecule has 2 aromatic rings. The largest absolute Gasteiger partial charge is 0.384 e. The lowest BCUT2D eigenvalue weighted by Crippen LogP contribution is -2.43. The Balaban J connectivity index is 1.81. The quantitative estimate of drug-likeness (QED) is 0.818. The molecule has 8 nitrogen and oxygen atoms in total. The summed E-state index contributed by atoms with van der Waals surface area (Å²) >= 11 is 0. The summed E-state index contributed by atoms with van der Waals surface area (Å²) in [5, 5.41) is 12.6. The fourth-order valence-electron chi connectivity index (χ4n) is 3.01. The maximum Gasteiger partial charge on any atom is 0.351 e. The van der Waals surface area contributed by atoms with Gasteiger partial charge >= 0.3 is 5.69 Å². The lowest BCUT2D eigenvalue weighted by molar-refractivity contribution is -0.255. The first-order valence-corrected chi connectivity index (χ1v) is 8.42. The number of ether oxygens (including phenoxy) is 2. The van der Waals surface area contributed by atoms with E-state index in [1.54, 1.807) is 37.3 Å². The van der Waals surface area contributed by atoms with Crippen molar-refractivity contribution in [1.29, 1.82) is 0 Å². The van der Waals surface area contributed by atoms with Crippen LogP contribution in [0.5, 0.6) is 0 Å². The number of aliphatic hydroxyl groups excluding tert-OH is 1. The van der Waals surface area contributed by atoms with E-state index in [0.717, 1.165) is 4.57 Å². The minimum atomic E-state index is -1.88. The van der Waals surface area contributed by atoms with Gasteiger partial charge < -0.3 is 19.9 Å². The first-order valence-electron chi connectivity index (χ1n) is 8.42. The standard InChI is InChI=1S/C18H20FN3O5/c1-3-18(26-2)14(23)13(19)16(27-18)22-10-9-12(21-17(22)25)20-15(24)11-7-5-4-6-8-11/h4-10,13-14,16,23H,3H2,1-2H3,(H,20,21,24,25)/t13-,14?,16+,18-/m0/s1. The second-order valence-corrected chi connectivity index (χ2v) is 6.09. The highest BCUT2D eigenvalue weighted by molar-refractivity contribution is 6.03. The van der Waals surface area contributed by atoms with Crippen LogP contribution in [0.25, 0.3) is 0 Å². The molecule has 0 radical (unpaired) electrons. The number of methoxy groups -OCH3 is 1. The van der Waals surface area contributed by atoms with Gasteiger partial charge in [0.25, 0.3) is 5.91 Å². The molecule has 2 N–H and O–H groups in total. The molecule has 0 spiro atoms. The minimum absolute atomic E-state index is 0.0209. The molecule has 0 bridgehead atoms. The predicted molar refractivity (Wildman–Crippen MR) is 93.9 cm³/mol. The molecule has 0 aliphatic carbocycles. The number of hydrogen-bond acceptors (Lipinski definition) is 6. The molecule has 3 rings (SSSR count). The van der Waals surface area contributed by atoms with E-state index in [4.69, 9.17) is 9.47 Å². The van der Waals surface area contributed by atoms with E-state index in [1.165, 1.54) is 19.4 Å². The van der Waals surface area contributed by atoms with E-state index in [2.05, 4.69) is 10.3 Å². The molecule has 144 valence electrons. The molecule has 1 amide bonds. The SMILES string of the molecule is CC[C@]1(OC)O[C@@H](n2ccc(NC(=O)c3ccccc3)nc2=O)[C@@H](F)C1O. The fraction of sp³-hybridized carbons (Fsp3) is 0.389. The Morgan fingerprint density at radius 1 is 1.41 bits per heavy atom. The van der Waals surface area contributed by atoms with Crippen LogP contribution in [-0.4, -0.2) is 45.7 Å². The van der Waals surface area contributed by atoms with Gasteiger partial charge in [0, 0.05) is 25.3 Å². The molecule has 9 heteroatoms. The number of rotatable bonds is 5. The van der Waals surface area contributed by atoms with Crippen molar-refractivity contribution in [2.75, 3.05) is 12.4 Å². The highest BCUT2D eigenvalue weighted by Gasteiger charge is 2.55. The summed E-state index contributed by atoms with van der Waals surface area (Å²) in [7, 11) is 1.30. The Morgan fingerprint density at radius 2 is 2.11 bits per heavy atom. The first-order chi connectivity index (χ1) is 12.9. The summed E-state index contributed by atoms with van der Waals surface area (Å²) in [5.41, 5.74) is -0.425. The van der Waals surface area contributed by atoms with E-state index in [1.807, 2.05) is 0 Å². The molecular formula is C18H20FN3O5. The van der Waals surface area contributed by atoms with Crippen LogP contribution in [0.15, 0.2) is 47.4 Å². The van der Waals surface area contributed by atoms with Gasteiger partial charge in [-0.25, -0.2) is 9.18 Å². The van der Waals surface area contributed by atoms with Gasteiger partial charge in [-0.05, 0) is 18.2 Å². The number of hydrogen-bond donors (Lipinski definition) is 2. The number of carbonyl (C=O) groups is 1. The zero-order valence-corrected chi connectivity index (χ0v) is 14.8. The predicted octanol–water partition coefficient (Wildman–Crippen LogP) is 1.48. The van der Waals surface area contributed by atoms with Gasteiger partial charge in [0.1, 0.15) is 11.9 Å². The number of aromatic nitrogens is 2. The van der Waals surface area contributed by atoms with Crippen LogP contribution in [0.1, 0.15) is 29.9 Å². The van der Waals surface area contributed by atoms with Gasteiger partial charge in [0.2, 0.25) is 0 Å². The van der Waals surface area contributed by atoms with Crippen LogP contribution in [0.2, 0.25) is 0 Å². The molecule has 1 aromatic carbocycles. The van der Waals surface area contributed by atoms with Gasteiger partial charge in [0.15, 0.2) is 18.2 Å². The highest BCUT2D eigenvalue weighted by Crippen LogP contribution is 2.40. The van der Waals surface area contributed by atoms with Crippen LogP contribution in [0, 0.1) is 0 Å². The van der Waals surface area contributed by atoms with Crippen molar-refractivity contribution < 1.29 is 23.8 Å². The number of aliphatic hydroxyl groups is 1. The zero-order chi connectivity index (χ0) is 19.6. The number of carbonyl (C=O) groups excluding carboxylic acids is 1. The monoisotopic (exact) mass is 377 g/mol. The molecule has 1 fully saturated rings. The Labute approximate surface area is 154 Å². The number of amides is 1. The van der Waals surface area contributed by atoms with E-state index in [0.29, 0.717) is 5.56 Å². The first kappa shape index (κ1) is 19.2. The van der Waals surface area contributed by atoms with Crippen molar-refractivity contribution >= 4 is 11.7 Å². The van der Waals surface area contributed by atoms with Crippen molar-refractivity contribution in [3.63, 3.8) is 0 Å². The average Bonchev–Trinajstić information content (AvgIpc) is 2.94. The molecule has 1 unspecified atom stereocenters. The topological polar surface area (TPSA) is 103 Å². The third-order valence-electron chi connectivity index (χ3n) is 4.56. The molecular weight excluding hydrogens is 357 g/mol. The summed E-state index contributed by atoms with van der Waals surface area (Å²) in [6.45, 7) is 1.67. The molecule has 1 aromatic heterocycles. The van der Waals surface area contributed by atoms with Crippen LogP contribution >= 0.6 is 0 Å². The molecule has 1 aliphatic rings. The van der Waals surface area contributed by atoms with Crippen molar-refractivity contribution in [2.24, 2.45) is 0 Å². The summed E-state index contributed by atoms with van der Waals surface area (Å²) < 4.78 is 26.1. The fourth-order valence-corrected chi connectivity index (χ4v) is 3.01. The maximum absolute atomic E-state index is 14.5. The van der Waals surface area contributed by atoms with Gasteiger partial charge in [-0.3, -0.25) is 9.36 Å². The Hall–Kier alpha value is -2.62. The second-order valence-electron chi connectivity index (χ2n) is 6.09. The van der Waals surface area contributed by atoms with Crippen LogP contribution in [-0.2, 0) is 9.47 Å². The van der Waals surface area contributed by atoms with E-state index in [9.17, 15) is 19.1 Å². The summed E-state index contributed by atoms with van der Waals surface area (Å²) in [4.78, 5) is 28.2. The maximum atomic E-state index is 14.5. The third-order valence-corrected chi connectivity index (χ3v) is 4.56. The van der Waals surface area contributed by atoms with Gasteiger partial charge in [-0.2, -0.15) is 4.98 Å². The van der Waals surface area contributed by atoms with Gasteiger partial charge in [-0.1, -0.05) is 25.1 Å². The smallest absolute Gasteiger partial charge is 0.351 e. The Kier molecular flexibility index (Phi) is 5.36. The number of nitrogens with zero attached hydrogens (tertiary/aromatic N) is 2. The lowest BCUT2D eigenvalue weighted by Gasteiger charge is -2.28. The van der Waals surface area contributed by atoms with Gasteiger partial charge in [0.05, 0.1) is 0 Å². The van der Waals surface area contributed by atoms with E-state index in [-0.39, 0.29) is 12.2 Å². The third kappa shape index (κ3) is 3.48. The molecule has 1 aliphatic heterocycles. The Bertz CT molecular complexity index is 869. The normalized spacial score (nSPS) is 27.5. The summed E-state index contributed by atoms with van der Waals surface area (Å²) in [6, 6.07) is 9.78. The number of nitrogens with one attached hydrogen (secondary N) is 1. The van der Waals surface area contributed by atoms with Crippen LogP contribution in [0.3, 0.4) is 0 Å². The average molecular weight is 377 g/mol. The summed E-state index contributed by atoms with van der Waals surface area (Å²) in [6.07, 6.45) is -3.38. The molecule has 2 heterocycles. The van der Waals surface area contributed by atoms with Crippen molar-refractivity contribution in [1.82, 2.24) is 9.55 Å². The second kappa shape index (κ2) is 7.55. The number of benzene rings is 1. The zero-order valence-electron chi connectivity index (χ0n) is 14.8. The highest BCUT2D eigenvalue weighted by atomic mass is 19.1. The van der Waals surface area contributed by atoms with Crippen LogP contribution in [0.4, 0.5) is 10.2 Å². The molecule has 4 atom stereocenters.